The number of nitrogens with zero attached hydrogens (tertiary/aromatic N) is 2. The third-order valence-corrected chi connectivity index (χ3v) is 5.69. The Labute approximate surface area is 184 Å². The minimum atomic E-state index is 0.0528. The Hall–Kier alpha value is -2.64. The van der Waals surface area contributed by atoms with Gasteiger partial charge in [0, 0.05) is 16.3 Å². The summed E-state index contributed by atoms with van der Waals surface area (Å²) in [6, 6.07) is 12.3. The molecule has 0 amide bonds. The molecule has 0 unspecified atom stereocenters. The zero-order valence-corrected chi connectivity index (χ0v) is 18.7. The van der Waals surface area contributed by atoms with Crippen molar-refractivity contribution in [2.45, 2.75) is 13.8 Å². The number of hydrogen-bond donors (Lipinski definition) is 2. The minimum Gasteiger partial charge on any atom is -0.507 e. The van der Waals surface area contributed by atoms with Gasteiger partial charge in [-0.25, -0.2) is 4.98 Å². The van der Waals surface area contributed by atoms with E-state index in [4.69, 9.17) is 4.42 Å². The van der Waals surface area contributed by atoms with E-state index in [0.717, 1.165) is 21.1 Å². The van der Waals surface area contributed by atoms with Crippen LogP contribution in [0.15, 0.2) is 60.8 Å². The number of aliphatic imine (C=N–C) groups is 1. The van der Waals surface area contributed by atoms with Crippen molar-refractivity contribution in [3.05, 3.63) is 68.1 Å². The Bertz CT molecular complexity index is 1240. The average molecular weight is 516 g/mol. The van der Waals surface area contributed by atoms with Gasteiger partial charge >= 0.3 is 0 Å². The molecule has 146 valence electrons. The summed E-state index contributed by atoms with van der Waals surface area (Å²) in [5.74, 6) is 0.477. The molecule has 0 aliphatic carbocycles. The summed E-state index contributed by atoms with van der Waals surface area (Å²) in [5.41, 5.74) is 5.23. The fraction of sp³-hybridized carbons (Fsp3) is 0.0909. The Morgan fingerprint density at radius 3 is 2.55 bits per heavy atom. The molecule has 5 nitrogen and oxygen atoms in total. The van der Waals surface area contributed by atoms with Gasteiger partial charge in [-0.2, -0.15) is 0 Å². The number of aromatic hydroxyl groups is 2. The van der Waals surface area contributed by atoms with Crippen LogP contribution in [0.3, 0.4) is 0 Å². The molecule has 0 fully saturated rings. The zero-order valence-electron chi connectivity index (χ0n) is 15.6. The second kappa shape index (κ2) is 7.65. The first kappa shape index (κ1) is 19.7. The molecule has 29 heavy (non-hydrogen) atoms. The lowest BCUT2D eigenvalue weighted by Crippen LogP contribution is -1.85. The molecule has 0 atom stereocenters. The highest BCUT2D eigenvalue weighted by Gasteiger charge is 2.14. The summed E-state index contributed by atoms with van der Waals surface area (Å²) in [6.45, 7) is 4.03. The largest absolute Gasteiger partial charge is 0.507 e. The lowest BCUT2D eigenvalue weighted by molar-refractivity contribution is 0.471. The topological polar surface area (TPSA) is 78.9 Å². The monoisotopic (exact) mass is 514 g/mol. The van der Waals surface area contributed by atoms with Crippen LogP contribution >= 0.6 is 31.9 Å². The summed E-state index contributed by atoms with van der Waals surface area (Å²) in [7, 11) is 0. The number of phenols is 2. The van der Waals surface area contributed by atoms with Gasteiger partial charge in [0.05, 0.1) is 15.7 Å². The zero-order chi connectivity index (χ0) is 20.7. The molecule has 1 heterocycles. The third-order valence-electron chi connectivity index (χ3n) is 4.62. The maximum atomic E-state index is 10.3. The minimum absolute atomic E-state index is 0.0528. The molecule has 2 N–H and O–H groups in total. The third kappa shape index (κ3) is 3.93. The van der Waals surface area contributed by atoms with E-state index in [2.05, 4.69) is 41.8 Å². The number of aromatic nitrogens is 1. The van der Waals surface area contributed by atoms with Gasteiger partial charge < -0.3 is 14.6 Å². The molecule has 4 aromatic rings. The van der Waals surface area contributed by atoms with E-state index < -0.39 is 0 Å². The van der Waals surface area contributed by atoms with Gasteiger partial charge in [-0.1, -0.05) is 15.9 Å². The molecule has 0 bridgehead atoms. The van der Waals surface area contributed by atoms with Crippen molar-refractivity contribution in [1.82, 2.24) is 4.98 Å². The van der Waals surface area contributed by atoms with Crippen LogP contribution in [-0.4, -0.2) is 21.4 Å². The van der Waals surface area contributed by atoms with Crippen LogP contribution in [0.4, 0.5) is 5.69 Å². The second-order valence-electron chi connectivity index (χ2n) is 6.71. The molecule has 0 saturated heterocycles. The first-order valence-corrected chi connectivity index (χ1v) is 10.3. The Morgan fingerprint density at radius 1 is 1.00 bits per heavy atom. The number of phenolic OH excluding ortho intramolecular Hbond substituents is 2. The Kier molecular flexibility index (Phi) is 5.19. The molecule has 0 spiro atoms. The maximum absolute atomic E-state index is 10.3. The number of hydrogen-bond acceptors (Lipinski definition) is 5. The van der Waals surface area contributed by atoms with Gasteiger partial charge in [-0.3, -0.25) is 4.99 Å². The number of aryl methyl sites for hydroxylation is 2. The molecule has 0 aliphatic rings. The standard InChI is InChI=1S/C22H16Br2N2O3/c1-11-5-18-20(6-12(11)2)29-22(26-18)16-9-15(3-4-19(16)27)25-10-13-7-14(23)8-17(24)21(13)28/h3-10,27-28H,1-2H3. The van der Waals surface area contributed by atoms with E-state index in [1.54, 1.807) is 36.5 Å². The second-order valence-corrected chi connectivity index (χ2v) is 8.48. The van der Waals surface area contributed by atoms with Crippen LogP contribution in [0.5, 0.6) is 11.5 Å². The van der Waals surface area contributed by atoms with Gasteiger partial charge in [0.25, 0.3) is 0 Å². The summed E-state index contributed by atoms with van der Waals surface area (Å²) >= 11 is 6.70. The van der Waals surface area contributed by atoms with E-state index in [0.29, 0.717) is 32.8 Å². The molecule has 0 saturated carbocycles. The molecule has 4 rings (SSSR count). The number of fused-ring (bicyclic) bond motifs is 1. The molecule has 3 aromatic carbocycles. The van der Waals surface area contributed by atoms with Gasteiger partial charge in [-0.15, -0.1) is 0 Å². The van der Waals surface area contributed by atoms with Crippen LogP contribution < -0.4 is 0 Å². The molecular weight excluding hydrogens is 500 g/mol. The van der Waals surface area contributed by atoms with E-state index >= 15 is 0 Å². The Morgan fingerprint density at radius 2 is 1.76 bits per heavy atom. The quantitative estimate of drug-likeness (QED) is 0.294. The molecule has 1 aromatic heterocycles. The van der Waals surface area contributed by atoms with Crippen LogP contribution in [0, 0.1) is 13.8 Å². The Balaban J connectivity index is 1.73. The molecular formula is C22H16Br2N2O3. The highest BCUT2D eigenvalue weighted by atomic mass is 79.9. The van der Waals surface area contributed by atoms with Gasteiger partial charge in [0.2, 0.25) is 5.89 Å². The number of oxazole rings is 1. The van der Waals surface area contributed by atoms with Gasteiger partial charge in [0.15, 0.2) is 5.58 Å². The summed E-state index contributed by atoms with van der Waals surface area (Å²) in [5, 5.41) is 20.5. The number of benzene rings is 3. The molecule has 7 heteroatoms. The average Bonchev–Trinajstić information content (AvgIpc) is 3.07. The summed E-state index contributed by atoms with van der Waals surface area (Å²) in [4.78, 5) is 8.93. The predicted molar refractivity (Wildman–Crippen MR) is 121 cm³/mol. The smallest absolute Gasteiger partial charge is 0.231 e. The van der Waals surface area contributed by atoms with E-state index in [1.165, 1.54) is 0 Å². The number of halogens is 2. The maximum Gasteiger partial charge on any atom is 0.231 e. The fourth-order valence-electron chi connectivity index (χ4n) is 2.90. The first-order valence-electron chi connectivity index (χ1n) is 8.75. The van der Waals surface area contributed by atoms with Crippen molar-refractivity contribution in [2.75, 3.05) is 0 Å². The van der Waals surface area contributed by atoms with Crippen molar-refractivity contribution in [3.63, 3.8) is 0 Å². The lowest BCUT2D eigenvalue weighted by Gasteiger charge is -2.04. The summed E-state index contributed by atoms with van der Waals surface area (Å²) < 4.78 is 7.24. The van der Waals surface area contributed by atoms with Gasteiger partial charge in [0.1, 0.15) is 17.0 Å². The SMILES string of the molecule is Cc1cc2nc(-c3cc(N=Cc4cc(Br)cc(Br)c4O)ccc3O)oc2cc1C. The van der Waals surface area contributed by atoms with Crippen molar-refractivity contribution >= 4 is 54.9 Å². The molecule has 0 aliphatic heterocycles. The van der Waals surface area contributed by atoms with Crippen molar-refractivity contribution in [3.8, 4) is 23.0 Å². The predicted octanol–water partition coefficient (Wildman–Crippen LogP) is 6.80. The van der Waals surface area contributed by atoms with E-state index in [1.807, 2.05) is 26.0 Å². The van der Waals surface area contributed by atoms with Crippen molar-refractivity contribution < 1.29 is 14.6 Å². The normalized spacial score (nSPS) is 11.6. The van der Waals surface area contributed by atoms with Crippen molar-refractivity contribution in [2.24, 2.45) is 4.99 Å². The number of rotatable bonds is 3. The fourth-order valence-corrected chi connectivity index (χ4v) is 4.16. The van der Waals surface area contributed by atoms with Crippen LogP contribution in [-0.2, 0) is 0 Å². The van der Waals surface area contributed by atoms with E-state index in [-0.39, 0.29) is 11.5 Å². The van der Waals surface area contributed by atoms with E-state index in [9.17, 15) is 10.2 Å². The first-order chi connectivity index (χ1) is 13.8. The van der Waals surface area contributed by atoms with Crippen LogP contribution in [0.1, 0.15) is 16.7 Å². The highest BCUT2D eigenvalue weighted by Crippen LogP contribution is 2.35. The van der Waals surface area contributed by atoms with Crippen LogP contribution in [0.2, 0.25) is 0 Å². The highest BCUT2D eigenvalue weighted by molar-refractivity contribution is 9.11. The summed E-state index contributed by atoms with van der Waals surface area (Å²) in [6.07, 6.45) is 1.56. The lowest BCUT2D eigenvalue weighted by atomic mass is 10.1. The van der Waals surface area contributed by atoms with Crippen molar-refractivity contribution in [1.29, 1.82) is 0 Å². The van der Waals surface area contributed by atoms with Crippen LogP contribution in [0.25, 0.3) is 22.6 Å². The molecule has 0 radical (unpaired) electrons. The van der Waals surface area contributed by atoms with Gasteiger partial charge in [-0.05, 0) is 83.4 Å².